The Morgan fingerprint density at radius 3 is 2.65 bits per heavy atom. The van der Waals surface area contributed by atoms with Gasteiger partial charge in [0.1, 0.15) is 0 Å². The number of morpholine rings is 1. The fourth-order valence-electron chi connectivity index (χ4n) is 3.84. The third-order valence-corrected chi connectivity index (χ3v) is 7.20. The summed E-state index contributed by atoms with van der Waals surface area (Å²) in [7, 11) is 0. The van der Waals surface area contributed by atoms with Gasteiger partial charge in [-0.2, -0.15) is 10.1 Å². The molecule has 4 rings (SSSR count). The van der Waals surface area contributed by atoms with E-state index in [4.69, 9.17) is 14.2 Å². The number of hydrogen-bond donors (Lipinski definition) is 2. The van der Waals surface area contributed by atoms with Gasteiger partial charge in [-0.05, 0) is 93.6 Å². The summed E-state index contributed by atoms with van der Waals surface area (Å²) in [4.78, 5) is 22.6. The highest BCUT2D eigenvalue weighted by molar-refractivity contribution is 9.11. The smallest absolute Gasteiger partial charge is 0.262 e. The predicted molar refractivity (Wildman–Crippen MR) is 159 cm³/mol. The van der Waals surface area contributed by atoms with Crippen molar-refractivity contribution in [1.29, 1.82) is 0 Å². The van der Waals surface area contributed by atoms with Gasteiger partial charge in [0, 0.05) is 17.6 Å². The van der Waals surface area contributed by atoms with E-state index in [2.05, 4.69) is 57.7 Å². The number of rotatable bonds is 10. The average Bonchev–Trinajstić information content (AvgIpc) is 2.93. The number of halogens is 3. The van der Waals surface area contributed by atoms with E-state index in [0.29, 0.717) is 60.1 Å². The monoisotopic (exact) mass is 678 g/mol. The lowest BCUT2D eigenvalue weighted by molar-refractivity contribution is -0.118. The highest BCUT2D eigenvalue weighted by atomic mass is 79.9. The average molecular weight is 680 g/mol. The molecule has 40 heavy (non-hydrogen) atoms. The molecule has 1 amide bonds. The normalized spacial score (nSPS) is 13.4. The third kappa shape index (κ3) is 7.67. The first-order valence-corrected chi connectivity index (χ1v) is 14.1. The van der Waals surface area contributed by atoms with Gasteiger partial charge in [-0.3, -0.25) is 4.79 Å². The number of carbonyl (C=O) groups excluding carboxylic acids is 1. The summed E-state index contributed by atoms with van der Waals surface area (Å²) in [6.45, 7) is 8.11. The highest BCUT2D eigenvalue weighted by Gasteiger charge is 2.18. The van der Waals surface area contributed by atoms with Crippen molar-refractivity contribution in [2.45, 2.75) is 20.8 Å². The van der Waals surface area contributed by atoms with Crippen LogP contribution in [-0.4, -0.2) is 61.6 Å². The van der Waals surface area contributed by atoms with Crippen LogP contribution in [0.2, 0.25) is 0 Å². The van der Waals surface area contributed by atoms with Crippen LogP contribution in [0.3, 0.4) is 0 Å². The Bertz CT molecular complexity index is 1400. The molecule has 13 heteroatoms. The van der Waals surface area contributed by atoms with Gasteiger partial charge >= 0.3 is 0 Å². The molecule has 0 saturated carbocycles. The number of benzene rings is 2. The molecular weight excluding hydrogens is 651 g/mol. The zero-order valence-electron chi connectivity index (χ0n) is 22.3. The Labute approximate surface area is 248 Å². The van der Waals surface area contributed by atoms with Crippen LogP contribution in [0.15, 0.2) is 44.5 Å². The van der Waals surface area contributed by atoms with Gasteiger partial charge in [0.2, 0.25) is 5.95 Å². The molecule has 0 unspecified atom stereocenters. The van der Waals surface area contributed by atoms with Gasteiger partial charge < -0.3 is 24.4 Å². The Kier molecular flexibility index (Phi) is 10.3. The van der Waals surface area contributed by atoms with Crippen LogP contribution in [0.1, 0.15) is 23.6 Å². The quantitative estimate of drug-likeness (QED) is 0.215. The van der Waals surface area contributed by atoms with Crippen molar-refractivity contribution in [2.75, 3.05) is 55.2 Å². The van der Waals surface area contributed by atoms with Crippen LogP contribution in [-0.2, 0) is 9.53 Å². The predicted octanol–water partition coefficient (Wildman–Crippen LogP) is 5.46. The van der Waals surface area contributed by atoms with Crippen molar-refractivity contribution in [3.8, 4) is 11.5 Å². The van der Waals surface area contributed by atoms with E-state index < -0.39 is 5.82 Å². The number of amides is 1. The van der Waals surface area contributed by atoms with Crippen LogP contribution in [0.5, 0.6) is 11.5 Å². The second-order valence-electron chi connectivity index (χ2n) is 8.85. The number of aryl methyl sites for hydroxylation is 2. The third-order valence-electron chi connectivity index (χ3n) is 5.95. The maximum Gasteiger partial charge on any atom is 0.262 e. The summed E-state index contributed by atoms with van der Waals surface area (Å²) < 4.78 is 32.6. The molecule has 2 aromatic carbocycles. The van der Waals surface area contributed by atoms with E-state index in [0.717, 1.165) is 21.8 Å². The van der Waals surface area contributed by atoms with Crippen LogP contribution in [0.4, 0.5) is 21.8 Å². The summed E-state index contributed by atoms with van der Waals surface area (Å²) in [5.41, 5.74) is 6.27. The van der Waals surface area contributed by atoms with Crippen LogP contribution in [0.25, 0.3) is 0 Å². The first-order chi connectivity index (χ1) is 19.2. The molecule has 0 spiro atoms. The van der Waals surface area contributed by atoms with E-state index in [1.807, 2.05) is 32.9 Å². The SMILES string of the molecule is CCOc1cc(/C=N\Nc2ncc(F)c(N3CCOCC3)n2)cc(Br)c1OCC(=O)Nc1cc(C)c(C)cc1Br. The summed E-state index contributed by atoms with van der Waals surface area (Å²) in [5, 5.41) is 7.05. The lowest BCUT2D eigenvalue weighted by Crippen LogP contribution is -2.37. The number of aromatic nitrogens is 2. The lowest BCUT2D eigenvalue weighted by atomic mass is 10.1. The first kappa shape index (κ1) is 29.7. The molecular formula is C27H29Br2FN6O4. The van der Waals surface area contributed by atoms with Gasteiger partial charge in [0.05, 0.1) is 42.4 Å². The summed E-state index contributed by atoms with van der Waals surface area (Å²) in [6, 6.07) is 7.36. The van der Waals surface area contributed by atoms with Crippen molar-refractivity contribution in [2.24, 2.45) is 5.10 Å². The molecule has 0 bridgehead atoms. The minimum Gasteiger partial charge on any atom is -0.490 e. The Morgan fingerprint density at radius 2 is 1.90 bits per heavy atom. The number of anilines is 3. The molecule has 2 heterocycles. The molecule has 1 saturated heterocycles. The summed E-state index contributed by atoms with van der Waals surface area (Å²) >= 11 is 6.99. The fraction of sp³-hybridized carbons (Fsp3) is 0.333. The van der Waals surface area contributed by atoms with E-state index in [9.17, 15) is 9.18 Å². The maximum absolute atomic E-state index is 14.3. The van der Waals surface area contributed by atoms with Crippen LogP contribution >= 0.6 is 31.9 Å². The zero-order valence-corrected chi connectivity index (χ0v) is 25.4. The van der Waals surface area contributed by atoms with Gasteiger partial charge in [0.15, 0.2) is 29.7 Å². The number of ether oxygens (including phenoxy) is 3. The molecule has 1 aliphatic rings. The van der Waals surface area contributed by atoms with Gasteiger partial charge in [-0.15, -0.1) is 0 Å². The van der Waals surface area contributed by atoms with Crippen LogP contribution < -0.4 is 25.1 Å². The fourth-order valence-corrected chi connectivity index (χ4v) is 4.97. The number of hydrazone groups is 1. The number of hydrogen-bond acceptors (Lipinski definition) is 9. The maximum atomic E-state index is 14.3. The molecule has 0 aliphatic carbocycles. The van der Waals surface area contributed by atoms with Crippen molar-refractivity contribution < 1.29 is 23.4 Å². The molecule has 1 fully saturated rings. The van der Waals surface area contributed by atoms with E-state index in [-0.39, 0.29) is 24.3 Å². The van der Waals surface area contributed by atoms with Crippen LogP contribution in [0, 0.1) is 19.7 Å². The molecule has 212 valence electrons. The number of nitrogens with one attached hydrogen (secondary N) is 2. The van der Waals surface area contributed by atoms with Gasteiger partial charge in [-0.1, -0.05) is 0 Å². The van der Waals surface area contributed by atoms with Crippen molar-refractivity contribution in [3.05, 3.63) is 61.9 Å². The Hall–Kier alpha value is -3.29. The van der Waals surface area contributed by atoms with Gasteiger partial charge in [-0.25, -0.2) is 14.8 Å². The lowest BCUT2D eigenvalue weighted by Gasteiger charge is -2.27. The zero-order chi connectivity index (χ0) is 28.6. The molecule has 2 N–H and O–H groups in total. The summed E-state index contributed by atoms with van der Waals surface area (Å²) in [6.07, 6.45) is 2.66. The number of carbonyl (C=O) groups is 1. The van der Waals surface area contributed by atoms with Crippen molar-refractivity contribution in [1.82, 2.24) is 9.97 Å². The Balaban J connectivity index is 1.42. The first-order valence-electron chi connectivity index (χ1n) is 12.5. The van der Waals surface area contributed by atoms with E-state index in [1.165, 1.54) is 0 Å². The standard InChI is InChI=1S/C27H29Br2FN6O4/c1-4-39-23-12-18(13-32-35-27-31-14-21(30)26(34-27)36-5-7-38-8-6-36)11-20(29)25(23)40-15-24(37)33-22-10-17(3)16(2)9-19(22)28/h9-14H,4-8,15H2,1-3H3,(H,33,37)(H,31,34,35)/b32-13-. The molecule has 1 aromatic heterocycles. The second kappa shape index (κ2) is 13.9. The molecule has 10 nitrogen and oxygen atoms in total. The minimum atomic E-state index is -0.507. The van der Waals surface area contributed by atoms with Crippen molar-refractivity contribution >= 4 is 61.4 Å². The van der Waals surface area contributed by atoms with Gasteiger partial charge in [0.25, 0.3) is 5.91 Å². The minimum absolute atomic E-state index is 0.157. The molecule has 3 aromatic rings. The molecule has 0 atom stereocenters. The largest absolute Gasteiger partial charge is 0.490 e. The topological polar surface area (TPSA) is 110 Å². The van der Waals surface area contributed by atoms with E-state index >= 15 is 0 Å². The molecule has 1 aliphatic heterocycles. The second-order valence-corrected chi connectivity index (χ2v) is 10.6. The molecule has 0 radical (unpaired) electrons. The number of nitrogens with zero attached hydrogens (tertiary/aromatic N) is 4. The highest BCUT2D eigenvalue weighted by Crippen LogP contribution is 2.37. The van der Waals surface area contributed by atoms with Crippen molar-refractivity contribution in [3.63, 3.8) is 0 Å². The summed E-state index contributed by atoms with van der Waals surface area (Å²) in [5.74, 6) is 0.360. The van der Waals surface area contributed by atoms with E-state index in [1.54, 1.807) is 23.2 Å². The Morgan fingerprint density at radius 1 is 1.15 bits per heavy atom.